The van der Waals surface area contributed by atoms with Crippen LogP contribution >= 0.6 is 0 Å². The Morgan fingerprint density at radius 1 is 1.07 bits per heavy atom. The highest BCUT2D eigenvalue weighted by atomic mass is 32.2. The van der Waals surface area contributed by atoms with Crippen LogP contribution in [0, 0.1) is 0 Å². The van der Waals surface area contributed by atoms with Crippen molar-refractivity contribution in [2.45, 2.75) is 24.7 Å². The van der Waals surface area contributed by atoms with Crippen LogP contribution < -0.4 is 0 Å². The molecule has 3 rings (SSSR count). The predicted molar refractivity (Wildman–Crippen MR) is 95.0 cm³/mol. The number of carbonyl (C=O) groups is 2. The summed E-state index contributed by atoms with van der Waals surface area (Å²) in [5, 5.41) is 0. The number of sulfone groups is 1. The maximum absolute atomic E-state index is 12.7. The van der Waals surface area contributed by atoms with E-state index in [1.165, 1.54) is 21.9 Å². The lowest BCUT2D eigenvalue weighted by Gasteiger charge is -2.43. The molecule has 2 atom stereocenters. The molecule has 6 nitrogen and oxygen atoms in total. The largest absolute Gasteiger partial charge is 0.416 e. The summed E-state index contributed by atoms with van der Waals surface area (Å²) in [6.07, 6.45) is -3.49. The molecule has 2 fully saturated rings. The first kappa shape index (κ1) is 20.4. The standard InChI is InChI=1S/C18H19F3N2O4S/c1-2-16(24)22-7-8-23(15-11-28(26,27)10-14(15)22)17(25)9-12-3-5-13(6-4-12)18(19,20)21/h2-6,14-15H,1,7-11H2/t14-,15+/m1/s1. The summed E-state index contributed by atoms with van der Waals surface area (Å²) in [5.74, 6) is -1.22. The van der Waals surface area contributed by atoms with Crippen molar-refractivity contribution >= 4 is 21.7 Å². The van der Waals surface area contributed by atoms with Crippen LogP contribution in [0.15, 0.2) is 36.9 Å². The van der Waals surface area contributed by atoms with Crippen molar-refractivity contribution in [1.29, 1.82) is 0 Å². The van der Waals surface area contributed by atoms with Crippen LogP contribution in [0.25, 0.3) is 0 Å². The molecule has 2 aliphatic rings. The van der Waals surface area contributed by atoms with E-state index in [2.05, 4.69) is 6.58 Å². The molecule has 0 N–H and O–H groups in total. The summed E-state index contributed by atoms with van der Waals surface area (Å²) < 4.78 is 62.2. The zero-order chi connectivity index (χ0) is 20.7. The van der Waals surface area contributed by atoms with Gasteiger partial charge in [0.25, 0.3) is 0 Å². The summed E-state index contributed by atoms with van der Waals surface area (Å²) >= 11 is 0. The van der Waals surface area contributed by atoms with Crippen LogP contribution in [0.3, 0.4) is 0 Å². The monoisotopic (exact) mass is 416 g/mol. The number of amides is 2. The summed E-state index contributed by atoms with van der Waals surface area (Å²) in [6, 6.07) is 2.99. The Bertz CT molecular complexity index is 896. The van der Waals surface area contributed by atoms with E-state index in [1.807, 2.05) is 0 Å². The number of nitrogens with zero attached hydrogens (tertiary/aromatic N) is 2. The maximum atomic E-state index is 12.7. The van der Waals surface area contributed by atoms with Gasteiger partial charge in [-0.05, 0) is 23.8 Å². The first-order valence-electron chi connectivity index (χ1n) is 8.61. The zero-order valence-corrected chi connectivity index (χ0v) is 15.7. The molecule has 2 heterocycles. The third-order valence-electron chi connectivity index (χ3n) is 5.09. The number of halogens is 3. The van der Waals surface area contributed by atoms with Crippen molar-refractivity contribution in [2.24, 2.45) is 0 Å². The van der Waals surface area contributed by atoms with Crippen LogP contribution in [0.5, 0.6) is 0 Å². The van der Waals surface area contributed by atoms with Crippen molar-refractivity contribution in [1.82, 2.24) is 9.80 Å². The van der Waals surface area contributed by atoms with Gasteiger partial charge in [0.15, 0.2) is 9.84 Å². The third kappa shape index (κ3) is 4.06. The summed E-state index contributed by atoms with van der Waals surface area (Å²) in [7, 11) is -3.41. The minimum atomic E-state index is -4.46. The average molecular weight is 416 g/mol. The average Bonchev–Trinajstić information content (AvgIpc) is 2.94. The van der Waals surface area contributed by atoms with Gasteiger partial charge >= 0.3 is 6.18 Å². The number of carbonyl (C=O) groups excluding carboxylic acids is 2. The van der Waals surface area contributed by atoms with Crippen LogP contribution in [0.4, 0.5) is 13.2 Å². The summed E-state index contributed by atoms with van der Waals surface area (Å²) in [4.78, 5) is 27.6. The molecular formula is C18H19F3N2O4S. The fourth-order valence-electron chi connectivity index (χ4n) is 3.74. The van der Waals surface area contributed by atoms with Gasteiger partial charge in [0.05, 0.1) is 35.6 Å². The van der Waals surface area contributed by atoms with E-state index in [4.69, 9.17) is 0 Å². The van der Waals surface area contributed by atoms with Gasteiger partial charge in [0.2, 0.25) is 11.8 Å². The summed E-state index contributed by atoms with van der Waals surface area (Å²) in [6.45, 7) is 3.76. The smallest absolute Gasteiger partial charge is 0.335 e. The number of benzene rings is 1. The highest BCUT2D eigenvalue weighted by molar-refractivity contribution is 7.91. The number of hydrogen-bond donors (Lipinski definition) is 0. The van der Waals surface area contributed by atoms with E-state index in [0.29, 0.717) is 5.56 Å². The molecule has 2 aliphatic heterocycles. The topological polar surface area (TPSA) is 74.8 Å². The molecule has 1 aromatic carbocycles. The van der Waals surface area contributed by atoms with Crippen molar-refractivity contribution in [3.63, 3.8) is 0 Å². The third-order valence-corrected chi connectivity index (χ3v) is 6.79. The number of rotatable bonds is 3. The molecule has 0 unspecified atom stereocenters. The van der Waals surface area contributed by atoms with Crippen LogP contribution in [-0.2, 0) is 32.0 Å². The number of fused-ring (bicyclic) bond motifs is 1. The van der Waals surface area contributed by atoms with Gasteiger partial charge < -0.3 is 9.80 Å². The Hall–Kier alpha value is -2.36. The van der Waals surface area contributed by atoms with E-state index < -0.39 is 33.7 Å². The number of alkyl halides is 3. The first-order valence-corrected chi connectivity index (χ1v) is 10.4. The lowest BCUT2D eigenvalue weighted by atomic mass is 10.0. The Kier molecular flexibility index (Phi) is 5.26. The second kappa shape index (κ2) is 7.23. The van der Waals surface area contributed by atoms with E-state index in [0.717, 1.165) is 18.2 Å². The molecule has 0 spiro atoms. The molecule has 0 bridgehead atoms. The Balaban J connectivity index is 1.77. The molecule has 0 aromatic heterocycles. The minimum absolute atomic E-state index is 0.142. The fourth-order valence-corrected chi connectivity index (χ4v) is 5.72. The molecule has 2 saturated heterocycles. The predicted octanol–water partition coefficient (Wildman–Crippen LogP) is 1.27. The Labute approximate surface area is 160 Å². The molecule has 1 aromatic rings. The lowest BCUT2D eigenvalue weighted by molar-refractivity contribution is -0.142. The number of piperazine rings is 1. The van der Waals surface area contributed by atoms with Crippen molar-refractivity contribution < 1.29 is 31.2 Å². The fraction of sp³-hybridized carbons (Fsp3) is 0.444. The van der Waals surface area contributed by atoms with Crippen LogP contribution in [0.1, 0.15) is 11.1 Å². The van der Waals surface area contributed by atoms with E-state index in [-0.39, 0.29) is 42.8 Å². The molecule has 28 heavy (non-hydrogen) atoms. The molecule has 0 saturated carbocycles. The SMILES string of the molecule is C=CC(=O)N1CCN(C(=O)Cc2ccc(C(F)(F)F)cc2)[C@H]2CS(=O)(=O)C[C@H]21. The molecular weight excluding hydrogens is 397 g/mol. The second-order valence-corrected chi connectivity index (χ2v) is 9.06. The second-order valence-electron chi connectivity index (χ2n) is 6.91. The van der Waals surface area contributed by atoms with Gasteiger partial charge in [-0.15, -0.1) is 0 Å². The van der Waals surface area contributed by atoms with Gasteiger partial charge in [-0.25, -0.2) is 8.42 Å². The highest BCUT2D eigenvalue weighted by Gasteiger charge is 2.48. The van der Waals surface area contributed by atoms with E-state index in [1.54, 1.807) is 0 Å². The Morgan fingerprint density at radius 2 is 1.61 bits per heavy atom. The Morgan fingerprint density at radius 3 is 2.14 bits per heavy atom. The van der Waals surface area contributed by atoms with Gasteiger partial charge in [-0.3, -0.25) is 9.59 Å². The minimum Gasteiger partial charge on any atom is -0.335 e. The van der Waals surface area contributed by atoms with Gasteiger partial charge in [0.1, 0.15) is 0 Å². The van der Waals surface area contributed by atoms with Gasteiger partial charge in [-0.1, -0.05) is 18.7 Å². The van der Waals surface area contributed by atoms with E-state index >= 15 is 0 Å². The molecule has 152 valence electrons. The zero-order valence-electron chi connectivity index (χ0n) is 14.9. The normalized spacial score (nSPS) is 24.0. The van der Waals surface area contributed by atoms with Crippen molar-refractivity contribution in [3.05, 3.63) is 48.0 Å². The van der Waals surface area contributed by atoms with Crippen molar-refractivity contribution in [2.75, 3.05) is 24.6 Å². The first-order chi connectivity index (χ1) is 13.0. The van der Waals surface area contributed by atoms with Gasteiger partial charge in [0, 0.05) is 13.1 Å². The van der Waals surface area contributed by atoms with Crippen molar-refractivity contribution in [3.8, 4) is 0 Å². The quantitative estimate of drug-likeness (QED) is 0.696. The van der Waals surface area contributed by atoms with Crippen LogP contribution in [-0.4, -0.2) is 66.7 Å². The molecule has 10 heteroatoms. The molecule has 0 radical (unpaired) electrons. The molecule has 0 aliphatic carbocycles. The van der Waals surface area contributed by atoms with Crippen LogP contribution in [0.2, 0.25) is 0 Å². The summed E-state index contributed by atoms with van der Waals surface area (Å²) in [5.41, 5.74) is -0.401. The highest BCUT2D eigenvalue weighted by Crippen LogP contribution is 2.30. The van der Waals surface area contributed by atoms with Gasteiger partial charge in [-0.2, -0.15) is 13.2 Å². The lowest BCUT2D eigenvalue weighted by Crippen LogP contribution is -2.62. The maximum Gasteiger partial charge on any atom is 0.416 e. The number of hydrogen-bond acceptors (Lipinski definition) is 4. The molecule has 2 amide bonds. The van der Waals surface area contributed by atoms with E-state index in [9.17, 15) is 31.2 Å².